The summed E-state index contributed by atoms with van der Waals surface area (Å²) in [5, 5.41) is 13.2. The Labute approximate surface area is 217 Å². The fourth-order valence-corrected chi connectivity index (χ4v) is 4.97. The average Bonchev–Trinajstić information content (AvgIpc) is 3.46. The maximum absolute atomic E-state index is 12.9. The molecule has 0 radical (unpaired) electrons. The SMILES string of the molecule is C=C1C=COC(CNc2ccc(C#CC#Cc3ccc(C(=O)N4CC5CN(C)CC5C4)cc3)cc2)=C1O. The van der Waals surface area contributed by atoms with Gasteiger partial charge in [0.25, 0.3) is 5.91 Å². The molecular weight excluding hydrogens is 462 g/mol. The molecule has 2 aromatic rings. The number of carbonyl (C=O) groups is 1. The number of carbonyl (C=O) groups excluding carboxylic acids is 1. The van der Waals surface area contributed by atoms with Gasteiger partial charge < -0.3 is 25.0 Å². The minimum absolute atomic E-state index is 0.0548. The van der Waals surface area contributed by atoms with Crippen molar-refractivity contribution in [3.63, 3.8) is 0 Å². The second kappa shape index (κ2) is 10.7. The topological polar surface area (TPSA) is 65.0 Å². The van der Waals surface area contributed by atoms with E-state index in [4.69, 9.17) is 4.74 Å². The lowest BCUT2D eigenvalue weighted by molar-refractivity contribution is 0.0776. The molecule has 5 rings (SSSR count). The molecule has 3 aliphatic heterocycles. The van der Waals surface area contributed by atoms with Crippen LogP contribution in [0.5, 0.6) is 0 Å². The Balaban J connectivity index is 1.12. The van der Waals surface area contributed by atoms with Crippen LogP contribution in [0.3, 0.4) is 0 Å². The summed E-state index contributed by atoms with van der Waals surface area (Å²) in [6, 6.07) is 15.1. The number of nitrogens with one attached hydrogen (secondary N) is 1. The van der Waals surface area contributed by atoms with Gasteiger partial charge in [0.1, 0.15) is 0 Å². The van der Waals surface area contributed by atoms with Gasteiger partial charge in [-0.25, -0.2) is 0 Å². The Bertz CT molecular complexity index is 1370. The lowest BCUT2D eigenvalue weighted by Gasteiger charge is -2.19. The quantitative estimate of drug-likeness (QED) is 0.633. The van der Waals surface area contributed by atoms with E-state index >= 15 is 0 Å². The van der Waals surface area contributed by atoms with E-state index in [1.54, 1.807) is 6.08 Å². The van der Waals surface area contributed by atoms with Gasteiger partial charge in [-0.15, -0.1) is 0 Å². The summed E-state index contributed by atoms with van der Waals surface area (Å²) in [5.41, 5.74) is 3.78. The van der Waals surface area contributed by atoms with Crippen LogP contribution in [0.15, 0.2) is 84.5 Å². The summed E-state index contributed by atoms with van der Waals surface area (Å²) < 4.78 is 5.33. The molecule has 2 fully saturated rings. The zero-order chi connectivity index (χ0) is 25.8. The van der Waals surface area contributed by atoms with Gasteiger partial charge in [-0.05, 0) is 85.3 Å². The molecule has 2 saturated heterocycles. The predicted octanol–water partition coefficient (Wildman–Crippen LogP) is 4.01. The number of aliphatic hydroxyl groups excluding tert-OH is 1. The highest BCUT2D eigenvalue weighted by atomic mass is 16.5. The number of amides is 1. The van der Waals surface area contributed by atoms with Crippen molar-refractivity contribution >= 4 is 11.6 Å². The number of benzene rings is 2. The van der Waals surface area contributed by atoms with E-state index in [0.29, 0.717) is 35.3 Å². The highest BCUT2D eigenvalue weighted by Crippen LogP contribution is 2.31. The van der Waals surface area contributed by atoms with Crippen molar-refractivity contribution < 1.29 is 14.6 Å². The van der Waals surface area contributed by atoms with Crippen LogP contribution >= 0.6 is 0 Å². The Hall–Kier alpha value is -4.39. The third-order valence-corrected chi connectivity index (χ3v) is 6.95. The zero-order valence-electron chi connectivity index (χ0n) is 20.8. The molecule has 1 amide bonds. The fraction of sp³-hybridized carbons (Fsp3) is 0.258. The van der Waals surface area contributed by atoms with Crippen molar-refractivity contribution in [2.45, 2.75) is 0 Å². The largest absolute Gasteiger partial charge is 0.504 e. The van der Waals surface area contributed by atoms with Crippen molar-refractivity contribution in [1.82, 2.24) is 9.80 Å². The Kier molecular flexibility index (Phi) is 7.03. The number of anilines is 1. The number of hydrogen-bond donors (Lipinski definition) is 2. The summed E-state index contributed by atoms with van der Waals surface area (Å²) in [6.45, 7) is 7.97. The molecule has 2 unspecified atom stereocenters. The summed E-state index contributed by atoms with van der Waals surface area (Å²) >= 11 is 0. The molecule has 0 saturated carbocycles. The van der Waals surface area contributed by atoms with E-state index in [9.17, 15) is 9.90 Å². The van der Waals surface area contributed by atoms with E-state index < -0.39 is 0 Å². The van der Waals surface area contributed by atoms with E-state index in [0.717, 1.165) is 43.0 Å². The standard InChI is InChI=1S/C31H29N3O3/c1-22-15-16-37-29(30(22)35)17-32-28-13-9-24(10-14-28)6-4-3-5-23-7-11-25(12-8-23)31(36)34-20-26-18-33(2)19-27(26)21-34/h7-16,26-27,32,35H,1,17-21H2,2H3. The third kappa shape index (κ3) is 5.72. The van der Waals surface area contributed by atoms with E-state index in [-0.39, 0.29) is 11.7 Å². The number of ether oxygens (including phenoxy) is 1. The van der Waals surface area contributed by atoms with E-state index in [1.165, 1.54) is 6.26 Å². The summed E-state index contributed by atoms with van der Waals surface area (Å²) in [7, 11) is 2.15. The van der Waals surface area contributed by atoms with Crippen molar-refractivity contribution in [1.29, 1.82) is 0 Å². The van der Waals surface area contributed by atoms with Crippen LogP contribution in [0.1, 0.15) is 21.5 Å². The van der Waals surface area contributed by atoms with Crippen molar-refractivity contribution in [3.8, 4) is 23.7 Å². The van der Waals surface area contributed by atoms with Gasteiger partial charge in [0.2, 0.25) is 0 Å². The lowest BCUT2D eigenvalue weighted by Crippen LogP contribution is -2.32. The molecule has 186 valence electrons. The number of hydrogen-bond acceptors (Lipinski definition) is 5. The van der Waals surface area contributed by atoms with Crippen LogP contribution in [0, 0.1) is 35.5 Å². The van der Waals surface area contributed by atoms with E-state index in [2.05, 4.69) is 47.5 Å². The predicted molar refractivity (Wildman–Crippen MR) is 145 cm³/mol. The van der Waals surface area contributed by atoms with Crippen molar-refractivity contribution in [2.24, 2.45) is 11.8 Å². The Morgan fingerprint density at radius 2 is 1.59 bits per heavy atom. The Morgan fingerprint density at radius 3 is 2.22 bits per heavy atom. The fourth-order valence-electron chi connectivity index (χ4n) is 4.97. The number of fused-ring (bicyclic) bond motifs is 1. The number of allylic oxidation sites excluding steroid dienone is 1. The summed E-state index contributed by atoms with van der Waals surface area (Å²) in [4.78, 5) is 17.2. The molecule has 0 bridgehead atoms. The number of likely N-dealkylation sites (tertiary alicyclic amines) is 2. The molecular formula is C31H29N3O3. The average molecular weight is 492 g/mol. The molecule has 2 aromatic carbocycles. The maximum atomic E-state index is 12.9. The van der Waals surface area contributed by atoms with Crippen molar-refractivity contribution in [3.05, 3.63) is 101 Å². The van der Waals surface area contributed by atoms with Gasteiger partial charge >= 0.3 is 0 Å². The molecule has 0 aliphatic carbocycles. The summed E-state index contributed by atoms with van der Waals surface area (Å²) in [6.07, 6.45) is 3.12. The monoisotopic (exact) mass is 491 g/mol. The van der Waals surface area contributed by atoms with Gasteiger partial charge in [0.15, 0.2) is 11.5 Å². The lowest BCUT2D eigenvalue weighted by atomic mass is 10.0. The Morgan fingerprint density at radius 1 is 1.00 bits per heavy atom. The first-order valence-electron chi connectivity index (χ1n) is 12.3. The van der Waals surface area contributed by atoms with Crippen LogP contribution in [-0.2, 0) is 4.74 Å². The van der Waals surface area contributed by atoms with Gasteiger partial charge in [0, 0.05) is 54.1 Å². The van der Waals surface area contributed by atoms with Gasteiger partial charge in [-0.3, -0.25) is 4.79 Å². The molecule has 2 atom stereocenters. The van der Waals surface area contributed by atoms with Gasteiger partial charge in [-0.2, -0.15) is 0 Å². The summed E-state index contributed by atoms with van der Waals surface area (Å²) in [5.74, 6) is 13.6. The molecule has 0 spiro atoms. The maximum Gasteiger partial charge on any atom is 0.253 e. The molecule has 37 heavy (non-hydrogen) atoms. The van der Waals surface area contributed by atoms with Crippen LogP contribution in [0.25, 0.3) is 0 Å². The number of nitrogens with zero attached hydrogens (tertiary/aromatic N) is 2. The van der Waals surface area contributed by atoms with Gasteiger partial charge in [-0.1, -0.05) is 18.4 Å². The molecule has 6 heteroatoms. The van der Waals surface area contributed by atoms with Crippen LogP contribution in [0.4, 0.5) is 5.69 Å². The van der Waals surface area contributed by atoms with Gasteiger partial charge in [0.05, 0.1) is 12.8 Å². The van der Waals surface area contributed by atoms with Crippen LogP contribution in [-0.4, -0.2) is 60.6 Å². The van der Waals surface area contributed by atoms with Crippen LogP contribution in [0.2, 0.25) is 0 Å². The van der Waals surface area contributed by atoms with Crippen LogP contribution < -0.4 is 5.32 Å². The zero-order valence-corrected chi connectivity index (χ0v) is 20.8. The number of aliphatic hydroxyl groups is 1. The molecule has 3 aliphatic rings. The molecule has 3 heterocycles. The normalized spacial score (nSPS) is 20.5. The molecule has 6 nitrogen and oxygen atoms in total. The first-order chi connectivity index (χ1) is 18.0. The highest BCUT2D eigenvalue weighted by molar-refractivity contribution is 5.94. The number of rotatable bonds is 4. The first kappa shape index (κ1) is 24.3. The third-order valence-electron chi connectivity index (χ3n) is 6.95. The second-order valence-corrected chi connectivity index (χ2v) is 9.68. The second-order valence-electron chi connectivity index (χ2n) is 9.68. The minimum atomic E-state index is 0.0548. The van der Waals surface area contributed by atoms with E-state index in [1.807, 2.05) is 53.4 Å². The minimum Gasteiger partial charge on any atom is -0.504 e. The van der Waals surface area contributed by atoms with Crippen molar-refractivity contribution in [2.75, 3.05) is 45.1 Å². The molecule has 0 aromatic heterocycles. The smallest absolute Gasteiger partial charge is 0.253 e. The first-order valence-corrected chi connectivity index (χ1v) is 12.3. The highest BCUT2D eigenvalue weighted by Gasteiger charge is 2.40. The molecule has 2 N–H and O–H groups in total.